The number of carbonyl (C=O) groups is 2. The van der Waals surface area contributed by atoms with E-state index in [-0.39, 0.29) is 11.8 Å². The van der Waals surface area contributed by atoms with Crippen LogP contribution in [0.2, 0.25) is 10.0 Å². The lowest BCUT2D eigenvalue weighted by atomic mass is 10.2. The third-order valence-corrected chi connectivity index (χ3v) is 4.15. The number of hydrogen-bond acceptors (Lipinski definition) is 3. The second kappa shape index (κ2) is 6.74. The van der Waals surface area contributed by atoms with Crippen molar-refractivity contribution in [1.82, 2.24) is 9.97 Å². The first-order chi connectivity index (χ1) is 11.8. The molecule has 1 heterocycles. The van der Waals surface area contributed by atoms with Gasteiger partial charge in [0, 0.05) is 19.4 Å². The van der Waals surface area contributed by atoms with Gasteiger partial charge in [-0.1, -0.05) is 23.2 Å². The molecule has 1 aromatic heterocycles. The molecule has 0 unspecified atom stereocenters. The number of aromatic nitrogens is 2. The molecule has 25 heavy (non-hydrogen) atoms. The molecule has 2 aromatic carbocycles. The number of benzene rings is 2. The highest BCUT2D eigenvalue weighted by molar-refractivity contribution is 6.38. The molecule has 128 valence electrons. The number of nitrogens with zero attached hydrogens (tertiary/aromatic N) is 1. The van der Waals surface area contributed by atoms with Gasteiger partial charge in [-0.2, -0.15) is 0 Å². The standard InChI is InChI=1S/C17H14Cl2N4O2/c1-8(24)20-12-4-3-10(7-11(12)18)17-22-14-6-5-13(21-9(2)25)15(19)16(14)23-17/h3-7H,1-2H3,(H,20,24)(H,21,25)(H,22,23). The Morgan fingerprint density at radius 1 is 1.00 bits per heavy atom. The summed E-state index contributed by atoms with van der Waals surface area (Å²) in [7, 11) is 0. The zero-order chi connectivity index (χ0) is 18.1. The molecule has 0 bridgehead atoms. The highest BCUT2D eigenvalue weighted by atomic mass is 35.5. The van der Waals surface area contributed by atoms with Crippen molar-refractivity contribution in [2.75, 3.05) is 10.6 Å². The minimum atomic E-state index is -0.211. The lowest BCUT2D eigenvalue weighted by Crippen LogP contribution is -2.06. The number of rotatable bonds is 3. The Kier molecular flexibility index (Phi) is 4.65. The first-order valence-electron chi connectivity index (χ1n) is 7.38. The number of aromatic amines is 1. The van der Waals surface area contributed by atoms with Crippen molar-refractivity contribution >= 4 is 57.4 Å². The van der Waals surface area contributed by atoms with E-state index in [2.05, 4.69) is 20.6 Å². The quantitative estimate of drug-likeness (QED) is 0.630. The molecule has 0 aliphatic carbocycles. The molecule has 0 saturated heterocycles. The van der Waals surface area contributed by atoms with Crippen LogP contribution >= 0.6 is 23.2 Å². The third-order valence-electron chi connectivity index (χ3n) is 3.46. The minimum Gasteiger partial charge on any atom is -0.338 e. The maximum Gasteiger partial charge on any atom is 0.221 e. The zero-order valence-electron chi connectivity index (χ0n) is 13.4. The molecule has 8 heteroatoms. The fourth-order valence-electron chi connectivity index (χ4n) is 2.42. The molecule has 0 fully saturated rings. The number of carbonyl (C=O) groups excluding carboxylic acids is 2. The van der Waals surface area contributed by atoms with Crippen molar-refractivity contribution in [3.05, 3.63) is 40.4 Å². The summed E-state index contributed by atoms with van der Waals surface area (Å²) in [5.74, 6) is 0.168. The van der Waals surface area contributed by atoms with Gasteiger partial charge >= 0.3 is 0 Å². The van der Waals surface area contributed by atoms with Crippen LogP contribution in [-0.4, -0.2) is 21.8 Å². The number of fused-ring (bicyclic) bond motifs is 1. The monoisotopic (exact) mass is 376 g/mol. The van der Waals surface area contributed by atoms with Crippen LogP contribution in [0.1, 0.15) is 13.8 Å². The van der Waals surface area contributed by atoms with E-state index in [1.807, 2.05) is 0 Å². The zero-order valence-corrected chi connectivity index (χ0v) is 14.9. The van der Waals surface area contributed by atoms with Crippen LogP contribution in [-0.2, 0) is 9.59 Å². The summed E-state index contributed by atoms with van der Waals surface area (Å²) in [6, 6.07) is 8.69. The van der Waals surface area contributed by atoms with Crippen molar-refractivity contribution in [3.63, 3.8) is 0 Å². The average molecular weight is 377 g/mol. The molecule has 0 aliphatic rings. The number of anilines is 2. The molecule has 0 radical (unpaired) electrons. The van der Waals surface area contributed by atoms with Crippen LogP contribution in [0.5, 0.6) is 0 Å². The van der Waals surface area contributed by atoms with Gasteiger partial charge in [0.05, 0.1) is 26.9 Å². The van der Waals surface area contributed by atoms with Gasteiger partial charge in [0.1, 0.15) is 11.3 Å². The first kappa shape index (κ1) is 17.3. The predicted molar refractivity (Wildman–Crippen MR) is 100 cm³/mol. The Balaban J connectivity index is 2.02. The second-order valence-corrected chi connectivity index (χ2v) is 6.25. The maximum absolute atomic E-state index is 11.2. The molecular weight excluding hydrogens is 363 g/mol. The summed E-state index contributed by atoms with van der Waals surface area (Å²) in [6.07, 6.45) is 0. The normalized spacial score (nSPS) is 10.7. The van der Waals surface area contributed by atoms with Gasteiger partial charge in [-0.15, -0.1) is 0 Å². The maximum atomic E-state index is 11.2. The van der Waals surface area contributed by atoms with E-state index in [0.29, 0.717) is 32.8 Å². The predicted octanol–water partition coefficient (Wildman–Crippen LogP) is 4.45. The smallest absolute Gasteiger partial charge is 0.221 e. The van der Waals surface area contributed by atoms with E-state index in [1.54, 1.807) is 30.3 Å². The van der Waals surface area contributed by atoms with Gasteiger partial charge in [-0.3, -0.25) is 9.59 Å². The molecule has 3 rings (SSSR count). The molecular formula is C17H14Cl2N4O2. The summed E-state index contributed by atoms with van der Waals surface area (Å²) >= 11 is 12.5. The number of nitrogens with one attached hydrogen (secondary N) is 3. The van der Waals surface area contributed by atoms with Crippen molar-refractivity contribution in [3.8, 4) is 11.4 Å². The Labute approximate surface area is 153 Å². The Hall–Kier alpha value is -2.57. The number of imidazole rings is 1. The van der Waals surface area contributed by atoms with Crippen LogP contribution in [0.3, 0.4) is 0 Å². The number of hydrogen-bond donors (Lipinski definition) is 3. The highest BCUT2D eigenvalue weighted by Crippen LogP contribution is 2.33. The van der Waals surface area contributed by atoms with Crippen LogP contribution in [0.25, 0.3) is 22.4 Å². The number of halogens is 2. The summed E-state index contributed by atoms with van der Waals surface area (Å²) < 4.78 is 0. The van der Waals surface area contributed by atoms with Gasteiger partial charge < -0.3 is 15.6 Å². The number of amides is 2. The molecule has 0 spiro atoms. The fourth-order valence-corrected chi connectivity index (χ4v) is 2.90. The van der Waals surface area contributed by atoms with Crippen LogP contribution in [0.15, 0.2) is 30.3 Å². The van der Waals surface area contributed by atoms with Crippen molar-refractivity contribution in [1.29, 1.82) is 0 Å². The SMILES string of the molecule is CC(=O)Nc1ccc(-c2nc3c(Cl)c(NC(C)=O)ccc3[nH]2)cc1Cl. The number of H-pyrrole nitrogens is 1. The van der Waals surface area contributed by atoms with E-state index in [9.17, 15) is 9.59 Å². The largest absolute Gasteiger partial charge is 0.338 e. The first-order valence-corrected chi connectivity index (χ1v) is 8.14. The van der Waals surface area contributed by atoms with Crippen molar-refractivity contribution in [2.45, 2.75) is 13.8 Å². The van der Waals surface area contributed by atoms with Gasteiger partial charge in [0.25, 0.3) is 0 Å². The second-order valence-electron chi connectivity index (χ2n) is 5.47. The summed E-state index contributed by atoms with van der Waals surface area (Å²) in [4.78, 5) is 30.0. The van der Waals surface area contributed by atoms with Crippen molar-refractivity contribution in [2.24, 2.45) is 0 Å². The Morgan fingerprint density at radius 2 is 1.64 bits per heavy atom. The Morgan fingerprint density at radius 3 is 2.28 bits per heavy atom. The molecule has 0 saturated carbocycles. The Bertz CT molecular complexity index is 998. The molecule has 3 aromatic rings. The lowest BCUT2D eigenvalue weighted by molar-refractivity contribution is -0.115. The van der Waals surface area contributed by atoms with E-state index in [0.717, 1.165) is 11.1 Å². The van der Waals surface area contributed by atoms with Crippen LogP contribution in [0, 0.1) is 0 Å². The van der Waals surface area contributed by atoms with E-state index in [1.165, 1.54) is 13.8 Å². The third kappa shape index (κ3) is 3.60. The summed E-state index contributed by atoms with van der Waals surface area (Å²) in [5, 5.41) is 6.07. The molecule has 2 amide bonds. The van der Waals surface area contributed by atoms with E-state index < -0.39 is 0 Å². The van der Waals surface area contributed by atoms with Crippen LogP contribution in [0.4, 0.5) is 11.4 Å². The summed E-state index contributed by atoms with van der Waals surface area (Å²) in [6.45, 7) is 2.83. The van der Waals surface area contributed by atoms with Gasteiger partial charge in [0.2, 0.25) is 11.8 Å². The van der Waals surface area contributed by atoms with Gasteiger partial charge in [-0.05, 0) is 30.3 Å². The topological polar surface area (TPSA) is 86.9 Å². The van der Waals surface area contributed by atoms with Crippen molar-refractivity contribution < 1.29 is 9.59 Å². The average Bonchev–Trinajstić information content (AvgIpc) is 2.96. The fraction of sp³-hybridized carbons (Fsp3) is 0.118. The van der Waals surface area contributed by atoms with E-state index in [4.69, 9.17) is 23.2 Å². The van der Waals surface area contributed by atoms with Crippen LogP contribution < -0.4 is 10.6 Å². The highest BCUT2D eigenvalue weighted by Gasteiger charge is 2.13. The molecule has 6 nitrogen and oxygen atoms in total. The molecule has 0 aliphatic heterocycles. The van der Waals surface area contributed by atoms with Gasteiger partial charge in [-0.25, -0.2) is 4.98 Å². The molecule has 3 N–H and O–H groups in total. The lowest BCUT2D eigenvalue weighted by Gasteiger charge is -2.06. The summed E-state index contributed by atoms with van der Waals surface area (Å²) in [5.41, 5.74) is 3.05. The minimum absolute atomic E-state index is 0.198. The molecule has 0 atom stereocenters. The van der Waals surface area contributed by atoms with E-state index >= 15 is 0 Å². The van der Waals surface area contributed by atoms with Gasteiger partial charge in [0.15, 0.2) is 0 Å².